The number of anilines is 3. The molecule has 0 spiro atoms. The monoisotopic (exact) mass is 801 g/mol. The quantitative estimate of drug-likeness (QED) is 0.155. The van der Waals surface area contributed by atoms with Crippen molar-refractivity contribution < 1.29 is 21.8 Å². The van der Waals surface area contributed by atoms with E-state index in [0.29, 0.717) is 80.9 Å². The summed E-state index contributed by atoms with van der Waals surface area (Å²) in [7, 11) is 0. The number of nitrogens with two attached hydrogens (primary N) is 1. The third-order valence-corrected chi connectivity index (χ3v) is 12.6. The molecule has 2 unspecified atom stereocenters. The van der Waals surface area contributed by atoms with Crippen LogP contribution < -0.4 is 20.9 Å². The molecule has 0 saturated carbocycles. The number of hydrogen-bond acceptors (Lipinski definition) is 10. The highest BCUT2D eigenvalue weighted by Gasteiger charge is 2.39. The first-order valence-corrected chi connectivity index (χ1v) is 20.7. The van der Waals surface area contributed by atoms with Crippen LogP contribution in [0.15, 0.2) is 85.2 Å². The van der Waals surface area contributed by atoms with Crippen LogP contribution in [0.4, 0.5) is 21.6 Å². The van der Waals surface area contributed by atoms with Crippen LogP contribution in [0, 0.1) is 13.8 Å². The number of benzene rings is 3. The summed E-state index contributed by atoms with van der Waals surface area (Å²) in [5.41, 5.74) is 12.5. The first-order valence-electron chi connectivity index (χ1n) is 21.9. The largest absolute Gasteiger partial charge is 0.507 e. The van der Waals surface area contributed by atoms with E-state index < -0.39 is 18.8 Å². The lowest BCUT2D eigenvalue weighted by Gasteiger charge is -2.41. The van der Waals surface area contributed by atoms with Crippen LogP contribution in [-0.2, 0) is 4.74 Å². The molecule has 0 radical (unpaired) electrons. The van der Waals surface area contributed by atoms with E-state index >= 15 is 4.39 Å². The number of carbonyl (C=O) groups is 1. The molecular weight excluding hydrogens is 746 g/mol. The van der Waals surface area contributed by atoms with E-state index in [1.165, 1.54) is 0 Å². The average Bonchev–Trinajstić information content (AvgIpc) is 3.66. The molecule has 3 saturated heterocycles. The number of aryl methyl sites for hydroxylation is 2. The van der Waals surface area contributed by atoms with Crippen LogP contribution in [0.25, 0.3) is 22.2 Å². The Balaban J connectivity index is 0.781. The number of likely N-dealkylation sites (tertiary alicyclic amines) is 2. The van der Waals surface area contributed by atoms with Crippen molar-refractivity contribution >= 4 is 34.0 Å². The molecule has 4 aliphatic rings. The number of phenolic OH excluding ortho intramolecular Hbond substituents is 1. The van der Waals surface area contributed by atoms with Gasteiger partial charge in [0.05, 0.1) is 26.0 Å². The summed E-state index contributed by atoms with van der Waals surface area (Å²) in [5, 5.41) is 22.9. The number of ether oxygens (including phenoxy) is 1. The van der Waals surface area contributed by atoms with Crippen LogP contribution in [-0.4, -0.2) is 107 Å². The van der Waals surface area contributed by atoms with E-state index in [2.05, 4.69) is 61.2 Å². The van der Waals surface area contributed by atoms with Crippen molar-refractivity contribution in [3.05, 3.63) is 107 Å². The zero-order valence-corrected chi connectivity index (χ0v) is 33.7. The number of alkyl halides is 1. The maximum Gasteiger partial charge on any atom is 0.253 e. The van der Waals surface area contributed by atoms with Crippen molar-refractivity contribution in [1.29, 1.82) is 0 Å². The van der Waals surface area contributed by atoms with Crippen LogP contribution in [0.2, 0.25) is 0 Å². The number of carbonyl (C=O) groups excluding carboxylic acids is 1. The molecule has 13 heteroatoms. The van der Waals surface area contributed by atoms with Gasteiger partial charge in [-0.25, -0.2) is 4.39 Å². The van der Waals surface area contributed by atoms with Gasteiger partial charge in [-0.2, -0.15) is 0 Å². The van der Waals surface area contributed by atoms with Gasteiger partial charge in [0.25, 0.3) is 5.91 Å². The summed E-state index contributed by atoms with van der Waals surface area (Å²) in [6.45, 7) is 7.13. The van der Waals surface area contributed by atoms with E-state index in [1.807, 2.05) is 48.4 Å². The number of para-hydroxylation sites is 1. The van der Waals surface area contributed by atoms with Crippen LogP contribution in [0.5, 0.6) is 5.75 Å². The number of fused-ring (bicyclic) bond motifs is 1. The fourth-order valence-corrected chi connectivity index (χ4v) is 9.30. The first-order chi connectivity index (χ1) is 29.4. The van der Waals surface area contributed by atoms with Crippen molar-refractivity contribution in [2.45, 2.75) is 57.3 Å². The Morgan fingerprint density at radius 3 is 2.59 bits per heavy atom. The topological polar surface area (TPSA) is 128 Å². The number of hydrogen-bond donors (Lipinski definition) is 3. The van der Waals surface area contributed by atoms with Gasteiger partial charge in [0.1, 0.15) is 17.5 Å². The molecule has 4 aliphatic heterocycles. The number of nitrogens with zero attached hydrogens (tertiary/aromatic N) is 7. The van der Waals surface area contributed by atoms with Crippen molar-refractivity contribution in [3.63, 3.8) is 0 Å². The number of amides is 1. The maximum atomic E-state index is 16.4. The van der Waals surface area contributed by atoms with Crippen molar-refractivity contribution in [1.82, 2.24) is 29.9 Å². The average molecular weight is 802 g/mol. The van der Waals surface area contributed by atoms with Gasteiger partial charge in [-0.1, -0.05) is 24.3 Å². The van der Waals surface area contributed by atoms with E-state index in [1.54, 1.807) is 29.2 Å². The van der Waals surface area contributed by atoms with Gasteiger partial charge in [0, 0.05) is 113 Å². The van der Waals surface area contributed by atoms with Gasteiger partial charge >= 0.3 is 0 Å². The van der Waals surface area contributed by atoms with Gasteiger partial charge in [0.2, 0.25) is 0 Å². The Kier molecular flexibility index (Phi) is 10.1. The van der Waals surface area contributed by atoms with Crippen molar-refractivity contribution in [3.8, 4) is 17.0 Å². The van der Waals surface area contributed by atoms with E-state index in [9.17, 15) is 9.90 Å². The molecular formula is C46H54FN9O3. The second kappa shape index (κ2) is 16.3. The highest BCUT2D eigenvalue weighted by molar-refractivity contribution is 5.94. The summed E-state index contributed by atoms with van der Waals surface area (Å²) in [4.78, 5) is 21.8. The molecule has 3 aromatic carbocycles. The minimum absolute atomic E-state index is 0.0811. The number of nitrogen functional groups attached to an aromatic ring is 1. The van der Waals surface area contributed by atoms with Gasteiger partial charge in [0.15, 0.2) is 5.82 Å². The smallest absolute Gasteiger partial charge is 0.253 e. The van der Waals surface area contributed by atoms with Gasteiger partial charge in [-0.05, 0) is 91.9 Å². The molecule has 6 heterocycles. The molecule has 9 rings (SSSR count). The minimum Gasteiger partial charge on any atom is -0.507 e. The number of nitrogens with one attached hydrogen (secondary N) is 1. The molecule has 3 fully saturated rings. The standard InChI is InChI=1S/C46H54FN9O3/c1-31-24-34(8-9-36(31)43-28-54(22-23-59-43)41-27-38(50-51-44(41)48)37-6-3-4-7-42(37)57)45(58)53-20-13-46(47,14-21-53)29-52-17-11-35(12-18-52)56-19-10-33-26-39(32(2)25-40(33)56)55-16-5-15-49-30-55/h3-10,16,19,24-27,35,43,49,57H,11-15,17-18,20-23,28-30H2,1-2H3,(H2,48,51)/i15D,30D/t15?,30-,43?/m1/s1. The molecule has 2 aromatic heterocycles. The third-order valence-electron chi connectivity index (χ3n) is 12.6. The molecule has 1 amide bonds. The highest BCUT2D eigenvalue weighted by Crippen LogP contribution is 2.37. The summed E-state index contributed by atoms with van der Waals surface area (Å²) >= 11 is 0. The molecule has 59 heavy (non-hydrogen) atoms. The lowest BCUT2D eigenvalue weighted by molar-refractivity contribution is 0.0158. The summed E-state index contributed by atoms with van der Waals surface area (Å²) in [6.07, 6.45) is 7.95. The van der Waals surface area contributed by atoms with E-state index in [4.69, 9.17) is 13.2 Å². The van der Waals surface area contributed by atoms with Gasteiger partial charge in [-0.15, -0.1) is 10.2 Å². The Hall–Kier alpha value is -5.50. The molecule has 308 valence electrons. The number of aromatic nitrogens is 3. The Labute approximate surface area is 347 Å². The first kappa shape index (κ1) is 36.6. The van der Waals surface area contributed by atoms with Crippen molar-refractivity contribution in [2.75, 3.05) is 81.1 Å². The summed E-state index contributed by atoms with van der Waals surface area (Å²) < 4.78 is 41.3. The van der Waals surface area contributed by atoms with Crippen LogP contribution >= 0.6 is 0 Å². The summed E-state index contributed by atoms with van der Waals surface area (Å²) in [6, 6.07) is 21.4. The number of rotatable bonds is 8. The molecule has 0 bridgehead atoms. The normalized spacial score (nSPS) is 23.4. The van der Waals surface area contributed by atoms with Crippen LogP contribution in [0.3, 0.4) is 0 Å². The third kappa shape index (κ3) is 7.98. The molecule has 3 atom stereocenters. The van der Waals surface area contributed by atoms with Gasteiger partial charge < -0.3 is 39.7 Å². The minimum atomic E-state index is -1.34. The molecule has 5 aromatic rings. The second-order valence-corrected chi connectivity index (χ2v) is 16.5. The van der Waals surface area contributed by atoms with Crippen LogP contribution in [0.1, 0.15) is 67.6 Å². The second-order valence-electron chi connectivity index (χ2n) is 16.5. The molecule has 0 aliphatic carbocycles. The lowest BCUT2D eigenvalue weighted by atomic mass is 9.91. The maximum absolute atomic E-state index is 16.4. The zero-order valence-electron chi connectivity index (χ0n) is 35.7. The SMILES string of the molecule is [2H]C1C=CN(c2cc3ccn(C4CCN(CC5(F)CCN(C(=O)c6ccc(C7CN(c8cc(-c9ccccc9O)nnc8N)CCO7)c(C)c6)CC5)CC4)c3cc2C)[C@H]([2H])N1. The molecule has 4 N–H and O–H groups in total. The Morgan fingerprint density at radius 1 is 1.00 bits per heavy atom. The number of aromatic hydroxyl groups is 1. The Morgan fingerprint density at radius 2 is 1.81 bits per heavy atom. The number of phenols is 1. The Bertz CT molecular complexity index is 2450. The zero-order chi connectivity index (χ0) is 42.4. The predicted molar refractivity (Wildman–Crippen MR) is 230 cm³/mol. The number of halogens is 1. The van der Waals surface area contributed by atoms with Gasteiger partial charge in [-0.3, -0.25) is 10.1 Å². The van der Waals surface area contributed by atoms with E-state index in [-0.39, 0.29) is 17.8 Å². The van der Waals surface area contributed by atoms with Crippen molar-refractivity contribution in [2.24, 2.45) is 0 Å². The number of morpholine rings is 1. The molecule has 12 nitrogen and oxygen atoms in total. The predicted octanol–water partition coefficient (Wildman–Crippen LogP) is 6.74. The lowest BCUT2D eigenvalue weighted by Crippen LogP contribution is -2.51. The fourth-order valence-electron chi connectivity index (χ4n) is 9.30. The number of piperidine rings is 2. The highest BCUT2D eigenvalue weighted by atomic mass is 19.1. The fraction of sp³-hybridized carbons (Fsp3) is 0.413. The van der Waals surface area contributed by atoms with E-state index in [0.717, 1.165) is 64.9 Å². The summed E-state index contributed by atoms with van der Waals surface area (Å²) in [5.74, 6) is 0.334.